The van der Waals surface area contributed by atoms with Crippen LogP contribution in [0, 0.1) is 6.92 Å². The highest BCUT2D eigenvalue weighted by Crippen LogP contribution is 2.27. The van der Waals surface area contributed by atoms with E-state index in [0.29, 0.717) is 0 Å². The molecule has 0 amide bonds. The molecule has 0 radical (unpaired) electrons. The van der Waals surface area contributed by atoms with Crippen molar-refractivity contribution in [3.8, 4) is 0 Å². The van der Waals surface area contributed by atoms with Crippen LogP contribution in [0.2, 0.25) is 0 Å². The second-order valence-electron chi connectivity index (χ2n) is 3.65. The number of fused-ring (bicyclic) bond motifs is 1. The molecule has 0 spiro atoms. The second-order valence-corrected chi connectivity index (χ2v) is 3.65. The summed E-state index contributed by atoms with van der Waals surface area (Å²) < 4.78 is 0. The van der Waals surface area contributed by atoms with Gasteiger partial charge in [-0.2, -0.15) is 0 Å². The molecule has 0 fully saturated rings. The predicted molar refractivity (Wildman–Crippen MR) is 75.6 cm³/mol. The zero-order valence-electron chi connectivity index (χ0n) is 8.96. The third-order valence-electron chi connectivity index (χ3n) is 2.75. The lowest BCUT2D eigenvalue weighted by molar-refractivity contribution is 1.50. The molecule has 0 aliphatic heterocycles. The van der Waals surface area contributed by atoms with Gasteiger partial charge in [-0.25, -0.2) is 0 Å². The second kappa shape index (κ2) is 4.80. The van der Waals surface area contributed by atoms with E-state index in [2.05, 4.69) is 50.4 Å². The Bertz CT molecular complexity index is 533. The van der Waals surface area contributed by atoms with Gasteiger partial charge in [0.1, 0.15) is 0 Å². The number of rotatable bonds is 2. The van der Waals surface area contributed by atoms with Gasteiger partial charge in [0.25, 0.3) is 0 Å². The van der Waals surface area contributed by atoms with Crippen molar-refractivity contribution in [2.75, 3.05) is 0 Å². The Balaban J connectivity index is 0.00000128. The normalized spacial score (nSPS) is 9.56. The zero-order chi connectivity index (χ0) is 10.8. The van der Waals surface area contributed by atoms with E-state index in [0.717, 1.165) is 5.56 Å². The molecule has 0 heteroatoms. The molecule has 0 nitrogen and oxygen atoms in total. The zero-order valence-corrected chi connectivity index (χ0v) is 8.96. The summed E-state index contributed by atoms with van der Waals surface area (Å²) in [6, 6.07) is 10.6. The monoisotopic (exact) mass is 210 g/mol. The molecule has 0 unspecified atom stereocenters. The van der Waals surface area contributed by atoms with Crippen molar-refractivity contribution in [1.29, 1.82) is 0 Å². The Morgan fingerprint density at radius 3 is 2.19 bits per heavy atom. The average molecular weight is 210 g/mol. The molecule has 0 N–H and O–H groups in total. The minimum atomic E-state index is 0. The lowest BCUT2D eigenvalue weighted by atomic mass is 9.95. The average Bonchev–Trinajstić information content (AvgIpc) is 2.29. The number of hydrogen-bond donors (Lipinski definition) is 0. The van der Waals surface area contributed by atoms with E-state index in [1.165, 1.54) is 21.9 Å². The summed E-state index contributed by atoms with van der Waals surface area (Å²) >= 11 is 0. The molecule has 0 aliphatic carbocycles. The molecule has 2 aromatic rings. The van der Waals surface area contributed by atoms with Crippen molar-refractivity contribution in [2.24, 2.45) is 0 Å². The Hall–Kier alpha value is -1.82. The molecule has 0 aromatic heterocycles. The molecule has 0 bridgehead atoms. The summed E-state index contributed by atoms with van der Waals surface area (Å²) in [5.74, 6) is 0. The van der Waals surface area contributed by atoms with Gasteiger partial charge >= 0.3 is 0 Å². The number of benzene rings is 2. The van der Waals surface area contributed by atoms with E-state index in [4.69, 9.17) is 0 Å². The SMILES string of the molecule is C.C=Cc1cc(C)c2ccccc2c1C=C. The van der Waals surface area contributed by atoms with E-state index in [9.17, 15) is 0 Å². The van der Waals surface area contributed by atoms with Crippen LogP contribution in [-0.2, 0) is 0 Å². The lowest BCUT2D eigenvalue weighted by Gasteiger charge is -2.09. The van der Waals surface area contributed by atoms with Crippen molar-refractivity contribution in [2.45, 2.75) is 14.4 Å². The van der Waals surface area contributed by atoms with Crippen molar-refractivity contribution in [3.05, 3.63) is 60.2 Å². The molecular formula is C16H18. The van der Waals surface area contributed by atoms with Crippen LogP contribution >= 0.6 is 0 Å². The minimum absolute atomic E-state index is 0. The lowest BCUT2D eigenvalue weighted by Crippen LogP contribution is -1.87. The van der Waals surface area contributed by atoms with E-state index in [1.54, 1.807) is 0 Å². The van der Waals surface area contributed by atoms with Gasteiger partial charge in [0.15, 0.2) is 0 Å². The molecule has 2 rings (SSSR count). The van der Waals surface area contributed by atoms with Crippen LogP contribution in [0.3, 0.4) is 0 Å². The van der Waals surface area contributed by atoms with Crippen LogP contribution < -0.4 is 0 Å². The van der Waals surface area contributed by atoms with Crippen molar-refractivity contribution < 1.29 is 0 Å². The summed E-state index contributed by atoms with van der Waals surface area (Å²) in [4.78, 5) is 0. The molecule has 0 atom stereocenters. The van der Waals surface area contributed by atoms with E-state index in [-0.39, 0.29) is 7.43 Å². The van der Waals surface area contributed by atoms with Crippen LogP contribution in [0.1, 0.15) is 24.1 Å². The van der Waals surface area contributed by atoms with Crippen LogP contribution in [0.25, 0.3) is 22.9 Å². The van der Waals surface area contributed by atoms with E-state index in [1.807, 2.05) is 12.2 Å². The van der Waals surface area contributed by atoms with E-state index < -0.39 is 0 Å². The first-order chi connectivity index (χ1) is 7.27. The maximum atomic E-state index is 3.87. The van der Waals surface area contributed by atoms with Gasteiger partial charge < -0.3 is 0 Å². The summed E-state index contributed by atoms with van der Waals surface area (Å²) in [5, 5.41) is 2.54. The Kier molecular flexibility index (Phi) is 3.68. The summed E-state index contributed by atoms with van der Waals surface area (Å²) in [6.07, 6.45) is 3.79. The van der Waals surface area contributed by atoms with Gasteiger partial charge in [-0.05, 0) is 34.4 Å². The molecule has 2 aromatic carbocycles. The third kappa shape index (κ3) is 1.79. The first kappa shape index (κ1) is 12.3. The fourth-order valence-corrected chi connectivity index (χ4v) is 2.00. The van der Waals surface area contributed by atoms with Gasteiger partial charge in [0, 0.05) is 0 Å². The summed E-state index contributed by atoms with van der Waals surface area (Å²) in [5.41, 5.74) is 3.61. The maximum absolute atomic E-state index is 3.87. The van der Waals surface area contributed by atoms with Crippen molar-refractivity contribution >= 4 is 22.9 Å². The Morgan fingerprint density at radius 1 is 1.00 bits per heavy atom. The van der Waals surface area contributed by atoms with E-state index >= 15 is 0 Å². The largest absolute Gasteiger partial charge is 0.0984 e. The molecule has 0 aliphatic rings. The first-order valence-corrected chi connectivity index (χ1v) is 5.05. The van der Waals surface area contributed by atoms with Crippen LogP contribution in [0.15, 0.2) is 43.5 Å². The highest BCUT2D eigenvalue weighted by Gasteiger charge is 2.04. The van der Waals surface area contributed by atoms with Gasteiger partial charge in [-0.1, -0.05) is 63.1 Å². The number of hydrogen-bond acceptors (Lipinski definition) is 0. The molecule has 0 heterocycles. The third-order valence-corrected chi connectivity index (χ3v) is 2.75. The Labute approximate surface area is 97.9 Å². The smallest absolute Gasteiger partial charge is 0.0103 e. The highest BCUT2D eigenvalue weighted by molar-refractivity contribution is 5.95. The van der Waals surface area contributed by atoms with Gasteiger partial charge in [0.05, 0.1) is 0 Å². The standard InChI is InChI=1S/C15H14.CH4/c1-4-12-10-11(3)14-8-6-7-9-15(14)13(12)5-2;/h4-10H,1-2H2,3H3;1H4. The fraction of sp³-hybridized carbons (Fsp3) is 0.125. The van der Waals surface area contributed by atoms with Gasteiger partial charge in [-0.3, -0.25) is 0 Å². The summed E-state index contributed by atoms with van der Waals surface area (Å²) in [6.45, 7) is 9.84. The topological polar surface area (TPSA) is 0 Å². The molecule has 82 valence electrons. The van der Waals surface area contributed by atoms with Crippen molar-refractivity contribution in [1.82, 2.24) is 0 Å². The highest BCUT2D eigenvalue weighted by atomic mass is 14.1. The number of aryl methyl sites for hydroxylation is 1. The molecular weight excluding hydrogens is 192 g/mol. The van der Waals surface area contributed by atoms with Gasteiger partial charge in [0.2, 0.25) is 0 Å². The predicted octanol–water partition coefficient (Wildman–Crippen LogP) is 5.07. The molecule has 0 saturated heterocycles. The van der Waals surface area contributed by atoms with Crippen LogP contribution in [-0.4, -0.2) is 0 Å². The van der Waals surface area contributed by atoms with Gasteiger partial charge in [-0.15, -0.1) is 0 Å². The quantitative estimate of drug-likeness (QED) is 0.649. The fourth-order valence-electron chi connectivity index (χ4n) is 2.00. The van der Waals surface area contributed by atoms with Crippen LogP contribution in [0.5, 0.6) is 0 Å². The first-order valence-electron chi connectivity index (χ1n) is 5.05. The summed E-state index contributed by atoms with van der Waals surface area (Å²) in [7, 11) is 0. The maximum Gasteiger partial charge on any atom is -0.0103 e. The Morgan fingerprint density at radius 2 is 1.62 bits per heavy atom. The van der Waals surface area contributed by atoms with Crippen molar-refractivity contribution in [3.63, 3.8) is 0 Å². The van der Waals surface area contributed by atoms with Crippen LogP contribution in [0.4, 0.5) is 0 Å². The molecule has 0 saturated carbocycles. The minimum Gasteiger partial charge on any atom is -0.0984 e. The molecule has 16 heavy (non-hydrogen) atoms.